The molecule has 10 heteroatoms. The maximum atomic E-state index is 11.1. The van der Waals surface area contributed by atoms with Crippen molar-refractivity contribution in [3.63, 3.8) is 0 Å². The van der Waals surface area contributed by atoms with E-state index in [2.05, 4.69) is 15.2 Å². The van der Waals surface area contributed by atoms with E-state index in [1.54, 1.807) is 33.5 Å². The number of nitrogens with zero attached hydrogens (tertiary/aromatic N) is 3. The normalized spacial score (nSPS) is 10.9. The average molecular weight is 471 g/mol. The second kappa shape index (κ2) is 8.82. The summed E-state index contributed by atoms with van der Waals surface area (Å²) in [6, 6.07) is 17.6. The van der Waals surface area contributed by atoms with Crippen LogP contribution in [0.1, 0.15) is 0 Å². The highest BCUT2D eigenvalue weighted by molar-refractivity contribution is 5.92. The molecule has 35 heavy (non-hydrogen) atoms. The highest BCUT2D eigenvalue weighted by atomic mass is 16.6. The number of hydrogen-bond acceptors (Lipinski definition) is 7. The van der Waals surface area contributed by atoms with Crippen LogP contribution in [0.3, 0.4) is 0 Å². The van der Waals surface area contributed by atoms with Gasteiger partial charge < -0.3 is 19.2 Å². The fourth-order valence-electron chi connectivity index (χ4n) is 4.03. The van der Waals surface area contributed by atoms with Crippen molar-refractivity contribution >= 4 is 16.7 Å². The van der Waals surface area contributed by atoms with Gasteiger partial charge in [0.15, 0.2) is 11.5 Å². The molecule has 10 nitrogen and oxygen atoms in total. The maximum absolute atomic E-state index is 11.1. The van der Waals surface area contributed by atoms with E-state index < -0.39 is 4.92 Å². The molecular formula is C25H21N5O5. The van der Waals surface area contributed by atoms with E-state index in [4.69, 9.17) is 19.2 Å². The Hall–Kier alpha value is -4.86. The maximum Gasteiger partial charge on any atom is 0.269 e. The van der Waals surface area contributed by atoms with Gasteiger partial charge in [-0.1, -0.05) is 12.1 Å². The predicted octanol–water partition coefficient (Wildman–Crippen LogP) is 5.22. The summed E-state index contributed by atoms with van der Waals surface area (Å²) in [6.07, 6.45) is 0. The summed E-state index contributed by atoms with van der Waals surface area (Å²) >= 11 is 0. The van der Waals surface area contributed by atoms with Crippen molar-refractivity contribution in [2.24, 2.45) is 0 Å². The molecule has 0 fully saturated rings. The van der Waals surface area contributed by atoms with Crippen molar-refractivity contribution in [1.29, 1.82) is 0 Å². The molecule has 0 radical (unpaired) electrons. The lowest BCUT2D eigenvalue weighted by atomic mass is 10.0. The first-order valence-electron chi connectivity index (χ1n) is 10.6. The van der Waals surface area contributed by atoms with E-state index in [-0.39, 0.29) is 5.69 Å². The molecule has 3 aromatic carbocycles. The first-order chi connectivity index (χ1) is 17.0. The van der Waals surface area contributed by atoms with Crippen molar-refractivity contribution in [2.75, 3.05) is 21.3 Å². The summed E-state index contributed by atoms with van der Waals surface area (Å²) in [7, 11) is 4.64. The Labute approximate surface area is 199 Å². The van der Waals surface area contributed by atoms with Crippen molar-refractivity contribution < 1.29 is 19.1 Å². The van der Waals surface area contributed by atoms with Gasteiger partial charge in [-0.3, -0.25) is 15.2 Å². The summed E-state index contributed by atoms with van der Waals surface area (Å²) in [5, 5.41) is 18.8. The topological polar surface area (TPSA) is 128 Å². The molecule has 2 heterocycles. The second-order valence-corrected chi connectivity index (χ2v) is 7.64. The number of hydrogen-bond donors (Lipinski definition) is 2. The van der Waals surface area contributed by atoms with Crippen LogP contribution >= 0.6 is 0 Å². The summed E-state index contributed by atoms with van der Waals surface area (Å²) in [6.45, 7) is 0. The van der Waals surface area contributed by atoms with Crippen LogP contribution in [-0.4, -0.2) is 46.4 Å². The average Bonchev–Trinajstić information content (AvgIpc) is 3.52. The molecule has 0 saturated heterocycles. The Morgan fingerprint density at radius 2 is 1.57 bits per heavy atom. The number of aromatic amines is 2. The Morgan fingerprint density at radius 1 is 0.886 bits per heavy atom. The molecule has 0 saturated carbocycles. The largest absolute Gasteiger partial charge is 0.493 e. The second-order valence-electron chi connectivity index (χ2n) is 7.64. The number of rotatable bonds is 7. The first-order valence-corrected chi connectivity index (χ1v) is 10.6. The molecule has 0 aliphatic heterocycles. The van der Waals surface area contributed by atoms with Crippen LogP contribution in [0, 0.1) is 10.1 Å². The predicted molar refractivity (Wildman–Crippen MR) is 131 cm³/mol. The third-order valence-corrected chi connectivity index (χ3v) is 5.70. The Morgan fingerprint density at radius 3 is 2.17 bits per heavy atom. The van der Waals surface area contributed by atoms with Gasteiger partial charge in [-0.2, -0.15) is 5.10 Å². The molecule has 0 atom stereocenters. The molecule has 2 aromatic heterocycles. The number of H-pyrrole nitrogens is 2. The number of non-ortho nitro benzene ring substituents is 1. The number of para-hydroxylation sites is 2. The van der Waals surface area contributed by atoms with Crippen molar-refractivity contribution in [3.8, 4) is 51.2 Å². The quantitative estimate of drug-likeness (QED) is 0.246. The summed E-state index contributed by atoms with van der Waals surface area (Å²) in [5.74, 6) is 2.03. The molecule has 0 aliphatic carbocycles. The number of nitro groups is 1. The molecule has 5 aromatic rings. The minimum absolute atomic E-state index is 0.00315. The lowest BCUT2D eigenvalue weighted by molar-refractivity contribution is -0.384. The van der Waals surface area contributed by atoms with E-state index in [0.29, 0.717) is 45.6 Å². The number of nitro benzene ring substituents is 1. The van der Waals surface area contributed by atoms with Crippen LogP contribution in [0.15, 0.2) is 60.7 Å². The molecule has 0 amide bonds. The van der Waals surface area contributed by atoms with Crippen LogP contribution < -0.4 is 14.2 Å². The van der Waals surface area contributed by atoms with Gasteiger partial charge >= 0.3 is 0 Å². The number of methoxy groups -OCH3 is 3. The Bertz CT molecular complexity index is 1480. The number of fused-ring (bicyclic) bond motifs is 1. The molecule has 5 rings (SSSR count). The van der Waals surface area contributed by atoms with E-state index in [9.17, 15) is 10.1 Å². The molecule has 0 bridgehead atoms. The van der Waals surface area contributed by atoms with E-state index in [1.807, 2.05) is 36.4 Å². The lowest BCUT2D eigenvalue weighted by Gasteiger charge is -2.14. The van der Waals surface area contributed by atoms with Crippen molar-refractivity contribution in [2.45, 2.75) is 0 Å². The van der Waals surface area contributed by atoms with E-state index in [0.717, 1.165) is 16.6 Å². The standard InChI is InChI=1S/C25H21N5O5/c1-33-19-12-15(13-20(34-2)24(19)35-3)23-21(25-26-17-6-4-5-7-18(17)27-25)22(28-29-23)14-8-10-16(11-9-14)30(31)32/h4-13H,1-3H3,(H,26,27)(H,28,29). The third kappa shape index (κ3) is 3.80. The smallest absolute Gasteiger partial charge is 0.269 e. The van der Waals surface area contributed by atoms with Crippen LogP contribution in [0.25, 0.3) is 44.9 Å². The molecular weight excluding hydrogens is 450 g/mol. The van der Waals surface area contributed by atoms with Gasteiger partial charge in [-0.15, -0.1) is 0 Å². The van der Waals surface area contributed by atoms with Gasteiger partial charge in [0.1, 0.15) is 11.5 Å². The van der Waals surface area contributed by atoms with Crippen molar-refractivity contribution in [1.82, 2.24) is 20.2 Å². The SMILES string of the molecule is COc1cc(-c2n[nH]c(-c3ccc([N+](=O)[O-])cc3)c2-c2nc3ccccc3[nH]2)cc(OC)c1OC. The fraction of sp³-hybridized carbons (Fsp3) is 0.120. The van der Waals surface area contributed by atoms with Crippen LogP contribution in [0.5, 0.6) is 17.2 Å². The lowest BCUT2D eigenvalue weighted by Crippen LogP contribution is -1.96. The Kier molecular flexibility index (Phi) is 5.54. The minimum Gasteiger partial charge on any atom is -0.493 e. The van der Waals surface area contributed by atoms with Gasteiger partial charge in [0.05, 0.1) is 48.5 Å². The highest BCUT2D eigenvalue weighted by Gasteiger charge is 2.24. The first kappa shape index (κ1) is 22.0. The zero-order chi connectivity index (χ0) is 24.5. The van der Waals surface area contributed by atoms with Gasteiger partial charge in [0, 0.05) is 23.3 Å². The van der Waals surface area contributed by atoms with Gasteiger partial charge in [-0.05, 0) is 36.4 Å². The number of aromatic nitrogens is 4. The van der Waals surface area contributed by atoms with E-state index >= 15 is 0 Å². The van der Waals surface area contributed by atoms with Crippen LogP contribution in [0.4, 0.5) is 5.69 Å². The molecule has 0 spiro atoms. The van der Waals surface area contributed by atoms with Crippen molar-refractivity contribution in [3.05, 3.63) is 70.8 Å². The number of ether oxygens (including phenoxy) is 3. The highest BCUT2D eigenvalue weighted by Crippen LogP contribution is 2.44. The minimum atomic E-state index is -0.432. The van der Waals surface area contributed by atoms with Crippen LogP contribution in [-0.2, 0) is 0 Å². The fourth-order valence-corrected chi connectivity index (χ4v) is 4.03. The third-order valence-electron chi connectivity index (χ3n) is 5.70. The summed E-state index contributed by atoms with van der Waals surface area (Å²) in [4.78, 5) is 18.8. The van der Waals surface area contributed by atoms with Crippen LogP contribution in [0.2, 0.25) is 0 Å². The zero-order valence-corrected chi connectivity index (χ0v) is 19.2. The molecule has 0 aliphatic rings. The number of nitrogens with one attached hydrogen (secondary N) is 2. The summed E-state index contributed by atoms with van der Waals surface area (Å²) < 4.78 is 16.5. The van der Waals surface area contributed by atoms with Gasteiger partial charge in [-0.25, -0.2) is 4.98 Å². The number of benzene rings is 3. The Balaban J connectivity index is 1.75. The van der Waals surface area contributed by atoms with Gasteiger partial charge in [0.2, 0.25) is 5.75 Å². The zero-order valence-electron chi connectivity index (χ0n) is 19.2. The van der Waals surface area contributed by atoms with Gasteiger partial charge in [0.25, 0.3) is 5.69 Å². The van der Waals surface area contributed by atoms with E-state index in [1.165, 1.54) is 12.1 Å². The monoisotopic (exact) mass is 471 g/mol. The molecule has 0 unspecified atom stereocenters. The number of imidazole rings is 1. The molecule has 176 valence electrons. The summed E-state index contributed by atoms with van der Waals surface area (Å²) in [5.41, 5.74) is 5.05. The molecule has 2 N–H and O–H groups in total.